The Morgan fingerprint density at radius 3 is 2.89 bits per heavy atom. The normalized spacial score (nSPS) is 11.1. The van der Waals surface area contributed by atoms with E-state index in [0.717, 1.165) is 11.3 Å². The Morgan fingerprint density at radius 2 is 2.33 bits per heavy atom. The van der Waals surface area contributed by atoms with Crippen LogP contribution < -0.4 is 0 Å². The van der Waals surface area contributed by atoms with E-state index in [1.54, 1.807) is 4.68 Å². The van der Waals surface area contributed by atoms with E-state index in [-0.39, 0.29) is 5.69 Å². The SMILES string of the molecule is CC(C)CCn1nnc(C(=O)O)c1-c1cccs1. The molecule has 0 saturated heterocycles. The summed E-state index contributed by atoms with van der Waals surface area (Å²) in [6, 6.07) is 3.78. The zero-order chi connectivity index (χ0) is 13.1. The van der Waals surface area contributed by atoms with Gasteiger partial charge in [0.05, 0.1) is 4.88 Å². The van der Waals surface area contributed by atoms with Gasteiger partial charge in [0.2, 0.25) is 0 Å². The topological polar surface area (TPSA) is 68.0 Å². The second-order valence-corrected chi connectivity index (χ2v) is 5.42. The van der Waals surface area contributed by atoms with Gasteiger partial charge in [-0.25, -0.2) is 9.48 Å². The Labute approximate surface area is 109 Å². The second kappa shape index (κ2) is 5.30. The average molecular weight is 265 g/mol. The van der Waals surface area contributed by atoms with Crippen LogP contribution in [0.2, 0.25) is 0 Å². The molecule has 1 N–H and O–H groups in total. The van der Waals surface area contributed by atoms with E-state index in [1.807, 2.05) is 17.5 Å². The first kappa shape index (κ1) is 12.8. The van der Waals surface area contributed by atoms with Crippen molar-refractivity contribution >= 4 is 17.3 Å². The van der Waals surface area contributed by atoms with Crippen LogP contribution >= 0.6 is 11.3 Å². The van der Waals surface area contributed by atoms with Gasteiger partial charge in [0.25, 0.3) is 0 Å². The fourth-order valence-corrected chi connectivity index (χ4v) is 2.43. The molecule has 0 spiro atoms. The van der Waals surface area contributed by atoms with Crippen molar-refractivity contribution in [2.75, 3.05) is 0 Å². The summed E-state index contributed by atoms with van der Waals surface area (Å²) in [6.45, 7) is 4.94. The summed E-state index contributed by atoms with van der Waals surface area (Å²) in [6.07, 6.45) is 0.945. The summed E-state index contributed by atoms with van der Waals surface area (Å²) in [5.74, 6) is -0.493. The maximum Gasteiger partial charge on any atom is 0.358 e. The van der Waals surface area contributed by atoms with Crippen LogP contribution in [0.3, 0.4) is 0 Å². The maximum atomic E-state index is 11.2. The molecular weight excluding hydrogens is 250 g/mol. The minimum atomic E-state index is -1.03. The lowest BCUT2D eigenvalue weighted by Crippen LogP contribution is -2.06. The molecule has 6 heteroatoms. The number of carboxylic acid groups (broad SMARTS) is 1. The van der Waals surface area contributed by atoms with Gasteiger partial charge < -0.3 is 5.11 Å². The third-order valence-electron chi connectivity index (χ3n) is 2.61. The highest BCUT2D eigenvalue weighted by atomic mass is 32.1. The zero-order valence-electron chi connectivity index (χ0n) is 10.3. The first-order valence-corrected chi connectivity index (χ1v) is 6.68. The Morgan fingerprint density at radius 1 is 1.56 bits per heavy atom. The monoisotopic (exact) mass is 265 g/mol. The van der Waals surface area contributed by atoms with Crippen molar-refractivity contribution in [2.45, 2.75) is 26.8 Å². The first-order valence-electron chi connectivity index (χ1n) is 5.80. The molecular formula is C12H15N3O2S. The molecule has 2 aromatic rings. The lowest BCUT2D eigenvalue weighted by Gasteiger charge is -2.07. The molecule has 18 heavy (non-hydrogen) atoms. The Hall–Kier alpha value is -1.69. The summed E-state index contributed by atoms with van der Waals surface area (Å²) in [7, 11) is 0. The molecule has 0 aromatic carbocycles. The van der Waals surface area contributed by atoms with Crippen LogP contribution in [0.4, 0.5) is 0 Å². The minimum Gasteiger partial charge on any atom is -0.476 e. The van der Waals surface area contributed by atoms with Gasteiger partial charge in [-0.1, -0.05) is 25.1 Å². The molecule has 0 aliphatic carbocycles. The summed E-state index contributed by atoms with van der Waals surface area (Å²) in [5.41, 5.74) is 0.638. The van der Waals surface area contributed by atoms with Crippen LogP contribution in [0.5, 0.6) is 0 Å². The van der Waals surface area contributed by atoms with E-state index in [4.69, 9.17) is 5.11 Å². The van der Waals surface area contributed by atoms with Crippen molar-refractivity contribution in [2.24, 2.45) is 5.92 Å². The van der Waals surface area contributed by atoms with Crippen LogP contribution in [0.1, 0.15) is 30.8 Å². The van der Waals surface area contributed by atoms with Crippen LogP contribution in [-0.2, 0) is 6.54 Å². The molecule has 0 radical (unpaired) electrons. The quantitative estimate of drug-likeness (QED) is 0.902. The number of hydrogen-bond donors (Lipinski definition) is 1. The molecule has 2 aromatic heterocycles. The molecule has 5 nitrogen and oxygen atoms in total. The van der Waals surface area contributed by atoms with Gasteiger partial charge in [-0.05, 0) is 23.8 Å². The fraction of sp³-hybridized carbons (Fsp3) is 0.417. The molecule has 0 atom stereocenters. The van der Waals surface area contributed by atoms with E-state index in [2.05, 4.69) is 24.2 Å². The van der Waals surface area contributed by atoms with E-state index < -0.39 is 5.97 Å². The molecule has 0 bridgehead atoms. The largest absolute Gasteiger partial charge is 0.476 e. The molecule has 0 aliphatic rings. The van der Waals surface area contributed by atoms with E-state index in [0.29, 0.717) is 18.2 Å². The third-order valence-corrected chi connectivity index (χ3v) is 3.49. The number of carbonyl (C=O) groups is 1. The third kappa shape index (κ3) is 2.59. The summed E-state index contributed by atoms with van der Waals surface area (Å²) < 4.78 is 1.69. The first-order chi connectivity index (χ1) is 8.59. The highest BCUT2D eigenvalue weighted by molar-refractivity contribution is 7.13. The van der Waals surface area contributed by atoms with Crippen molar-refractivity contribution in [1.29, 1.82) is 0 Å². The fourth-order valence-electron chi connectivity index (χ4n) is 1.65. The lowest BCUT2D eigenvalue weighted by molar-refractivity contribution is 0.0691. The Bertz CT molecular complexity index is 532. The molecule has 0 saturated carbocycles. The number of hydrogen-bond acceptors (Lipinski definition) is 4. The summed E-state index contributed by atoms with van der Waals surface area (Å²) >= 11 is 1.50. The molecule has 2 heterocycles. The van der Waals surface area contributed by atoms with Crippen molar-refractivity contribution in [3.63, 3.8) is 0 Å². The second-order valence-electron chi connectivity index (χ2n) is 4.47. The number of rotatable bonds is 5. The van der Waals surface area contributed by atoms with Gasteiger partial charge >= 0.3 is 5.97 Å². The highest BCUT2D eigenvalue weighted by Crippen LogP contribution is 2.27. The number of thiophene rings is 1. The van der Waals surface area contributed by atoms with Crippen LogP contribution in [-0.4, -0.2) is 26.1 Å². The predicted molar refractivity (Wildman–Crippen MR) is 69.7 cm³/mol. The smallest absolute Gasteiger partial charge is 0.358 e. The van der Waals surface area contributed by atoms with Crippen LogP contribution in [0.15, 0.2) is 17.5 Å². The van der Waals surface area contributed by atoms with Gasteiger partial charge in [-0.3, -0.25) is 0 Å². The molecule has 0 amide bonds. The molecule has 0 fully saturated rings. The minimum absolute atomic E-state index is 0.0289. The van der Waals surface area contributed by atoms with E-state index >= 15 is 0 Å². The molecule has 2 rings (SSSR count). The van der Waals surface area contributed by atoms with Crippen LogP contribution in [0.25, 0.3) is 10.6 Å². The van der Waals surface area contributed by atoms with Gasteiger partial charge in [-0.15, -0.1) is 16.4 Å². The Balaban J connectivity index is 2.38. The van der Waals surface area contributed by atoms with E-state index in [1.165, 1.54) is 11.3 Å². The van der Waals surface area contributed by atoms with Gasteiger partial charge in [0.15, 0.2) is 5.69 Å². The average Bonchev–Trinajstić information content (AvgIpc) is 2.94. The van der Waals surface area contributed by atoms with E-state index in [9.17, 15) is 4.79 Å². The number of carboxylic acids is 1. The molecule has 96 valence electrons. The van der Waals surface area contributed by atoms with Crippen LogP contribution in [0, 0.1) is 5.92 Å². The van der Waals surface area contributed by atoms with Gasteiger partial charge in [0.1, 0.15) is 5.69 Å². The molecule has 0 aliphatic heterocycles. The number of nitrogens with zero attached hydrogens (tertiary/aromatic N) is 3. The number of aromatic carboxylic acids is 1. The standard InChI is InChI=1S/C12H15N3O2S/c1-8(2)5-6-15-11(9-4-3-7-18-9)10(12(16)17)13-14-15/h3-4,7-8H,5-6H2,1-2H3,(H,16,17). The van der Waals surface area contributed by atoms with Crippen molar-refractivity contribution < 1.29 is 9.90 Å². The van der Waals surface area contributed by atoms with Gasteiger partial charge in [-0.2, -0.15) is 0 Å². The number of aromatic nitrogens is 3. The lowest BCUT2D eigenvalue weighted by atomic mass is 10.1. The summed E-state index contributed by atoms with van der Waals surface area (Å²) in [5, 5.41) is 18.8. The Kier molecular flexibility index (Phi) is 3.76. The zero-order valence-corrected chi connectivity index (χ0v) is 11.1. The maximum absolute atomic E-state index is 11.2. The number of aryl methyl sites for hydroxylation is 1. The molecule has 0 unspecified atom stereocenters. The van der Waals surface area contributed by atoms with Gasteiger partial charge in [0, 0.05) is 6.54 Å². The predicted octanol–water partition coefficient (Wildman–Crippen LogP) is 2.75. The van der Waals surface area contributed by atoms with Crippen molar-refractivity contribution in [3.8, 4) is 10.6 Å². The summed E-state index contributed by atoms with van der Waals surface area (Å²) in [4.78, 5) is 12.0. The van der Waals surface area contributed by atoms with Crippen molar-refractivity contribution in [3.05, 3.63) is 23.2 Å². The highest BCUT2D eigenvalue weighted by Gasteiger charge is 2.21. The van der Waals surface area contributed by atoms with Crippen molar-refractivity contribution in [1.82, 2.24) is 15.0 Å².